The quantitative estimate of drug-likeness (QED) is 0.0205. The third kappa shape index (κ3) is 60.1. The van der Waals surface area contributed by atoms with Crippen molar-refractivity contribution in [2.24, 2.45) is 0 Å². The topological polar surface area (TPSA) is 111 Å². The smallest absolute Gasteiger partial charge is 0.456 e. The van der Waals surface area contributed by atoms with Crippen LogP contribution in [0.5, 0.6) is 0 Å². The molecule has 10 heteroatoms. The van der Waals surface area contributed by atoms with Crippen LogP contribution in [0, 0.1) is 0 Å². The van der Waals surface area contributed by atoms with Gasteiger partial charge in [0.2, 0.25) is 5.91 Å². The molecule has 3 atom stereocenters. The second-order valence-corrected chi connectivity index (χ2v) is 25.4. The van der Waals surface area contributed by atoms with Crippen LogP contribution in [-0.2, 0) is 27.9 Å². The molecule has 3 unspecified atom stereocenters. The second-order valence-electron chi connectivity index (χ2n) is 24.0. The molecule has 0 saturated heterocycles. The van der Waals surface area contributed by atoms with E-state index in [-0.39, 0.29) is 31.5 Å². The fraction of sp³-hybridized carbons (Fsp3) is 0.800. The average molecular weight is 1140 g/mol. The van der Waals surface area contributed by atoms with E-state index in [0.717, 1.165) is 89.9 Å². The summed E-state index contributed by atoms with van der Waals surface area (Å²) < 4.78 is 30.8. The van der Waals surface area contributed by atoms with Gasteiger partial charge in [0.1, 0.15) is 19.3 Å². The number of hydrogen-bond donors (Lipinski definition) is 2. The van der Waals surface area contributed by atoms with Gasteiger partial charge in [0.25, 0.3) is 0 Å². The summed E-state index contributed by atoms with van der Waals surface area (Å²) in [5, 5.41) is 3.05. The zero-order valence-corrected chi connectivity index (χ0v) is 54.2. The summed E-state index contributed by atoms with van der Waals surface area (Å²) >= 11 is 0. The van der Waals surface area contributed by atoms with Crippen LogP contribution in [0.25, 0.3) is 0 Å². The predicted octanol–water partition coefficient (Wildman–Crippen LogP) is 21.2. The molecule has 0 aromatic carbocycles. The minimum absolute atomic E-state index is 0.0344. The lowest BCUT2D eigenvalue weighted by atomic mass is 10.0. The second kappa shape index (κ2) is 59.6. The Morgan fingerprint density at radius 2 is 0.762 bits per heavy atom. The Morgan fingerprint density at radius 3 is 1.16 bits per heavy atom. The minimum Gasteiger partial charge on any atom is -0.456 e. The number of nitrogens with one attached hydrogen (secondary N) is 1. The fourth-order valence-electron chi connectivity index (χ4n) is 9.63. The van der Waals surface area contributed by atoms with E-state index in [1.807, 2.05) is 33.3 Å². The Kier molecular flexibility index (Phi) is 57.7. The normalized spacial score (nSPS) is 14.0. The van der Waals surface area contributed by atoms with Crippen molar-refractivity contribution < 1.29 is 37.3 Å². The number of phosphoric ester groups is 1. The van der Waals surface area contributed by atoms with E-state index in [2.05, 4.69) is 86.8 Å². The Hall–Kier alpha value is -2.55. The number of carbonyl (C=O) groups is 2. The van der Waals surface area contributed by atoms with Crippen LogP contribution in [-0.4, -0.2) is 74.3 Å². The van der Waals surface area contributed by atoms with Crippen LogP contribution in [0.4, 0.5) is 0 Å². The fourth-order valence-corrected chi connectivity index (χ4v) is 10.4. The monoisotopic (exact) mass is 1140 g/mol. The van der Waals surface area contributed by atoms with Gasteiger partial charge in [0.05, 0.1) is 33.8 Å². The van der Waals surface area contributed by atoms with Crippen molar-refractivity contribution in [1.82, 2.24) is 5.32 Å². The first-order chi connectivity index (χ1) is 38.9. The van der Waals surface area contributed by atoms with Gasteiger partial charge < -0.3 is 19.4 Å². The number of esters is 1. The maximum absolute atomic E-state index is 13.6. The van der Waals surface area contributed by atoms with E-state index in [0.29, 0.717) is 17.4 Å². The highest BCUT2D eigenvalue weighted by molar-refractivity contribution is 7.47. The molecular weight excluding hydrogens is 1010 g/mol. The molecule has 0 fully saturated rings. The summed E-state index contributed by atoms with van der Waals surface area (Å²) in [6, 6.07) is -0.862. The number of carbonyl (C=O) groups excluding carboxylic acids is 2. The Morgan fingerprint density at radius 1 is 0.438 bits per heavy atom. The lowest BCUT2D eigenvalue weighted by Gasteiger charge is -2.27. The van der Waals surface area contributed by atoms with Crippen molar-refractivity contribution in [1.29, 1.82) is 0 Å². The number of unbranched alkanes of at least 4 members (excludes halogenated alkanes) is 35. The van der Waals surface area contributed by atoms with Gasteiger partial charge in [-0.25, -0.2) is 4.57 Å². The predicted molar refractivity (Wildman–Crippen MR) is 346 cm³/mol. The zero-order chi connectivity index (χ0) is 58.6. The molecule has 466 valence electrons. The molecule has 0 aromatic heterocycles. The first-order valence-electron chi connectivity index (χ1n) is 33.8. The molecule has 2 N–H and O–H groups in total. The third-order valence-electron chi connectivity index (χ3n) is 14.9. The maximum Gasteiger partial charge on any atom is 0.472 e. The van der Waals surface area contributed by atoms with E-state index in [1.165, 1.54) is 186 Å². The maximum atomic E-state index is 13.6. The summed E-state index contributed by atoms with van der Waals surface area (Å²) in [6.07, 6.45) is 77.6. The van der Waals surface area contributed by atoms with Gasteiger partial charge >= 0.3 is 13.8 Å². The summed E-state index contributed by atoms with van der Waals surface area (Å²) in [6.45, 7) is 6.96. The molecule has 0 heterocycles. The first-order valence-corrected chi connectivity index (χ1v) is 35.3. The van der Waals surface area contributed by atoms with Crippen molar-refractivity contribution in [2.45, 2.75) is 322 Å². The molecule has 0 rings (SSSR count). The van der Waals surface area contributed by atoms with Crippen LogP contribution in [0.2, 0.25) is 0 Å². The van der Waals surface area contributed by atoms with Gasteiger partial charge in [-0.15, -0.1) is 0 Å². The number of likely N-dealkylation sites (N-methyl/N-ethyl adjacent to an activating group) is 1. The van der Waals surface area contributed by atoms with E-state index in [1.54, 1.807) is 0 Å². The lowest BCUT2D eigenvalue weighted by molar-refractivity contribution is -0.870. The number of nitrogens with zero attached hydrogens (tertiary/aromatic N) is 1. The van der Waals surface area contributed by atoms with Crippen molar-refractivity contribution in [3.05, 3.63) is 72.9 Å². The highest BCUT2D eigenvalue weighted by Crippen LogP contribution is 2.43. The number of phosphoric acid groups is 1. The van der Waals surface area contributed by atoms with Gasteiger partial charge in [0, 0.05) is 12.8 Å². The molecule has 80 heavy (non-hydrogen) atoms. The van der Waals surface area contributed by atoms with Crippen LogP contribution in [0.15, 0.2) is 72.9 Å². The summed E-state index contributed by atoms with van der Waals surface area (Å²) in [5.41, 5.74) is 0. The van der Waals surface area contributed by atoms with Crippen LogP contribution >= 0.6 is 7.82 Å². The van der Waals surface area contributed by atoms with Crippen LogP contribution < -0.4 is 5.32 Å². The van der Waals surface area contributed by atoms with Crippen molar-refractivity contribution in [3.8, 4) is 0 Å². The largest absolute Gasteiger partial charge is 0.472 e. The van der Waals surface area contributed by atoms with Crippen LogP contribution in [0.1, 0.15) is 310 Å². The zero-order valence-electron chi connectivity index (χ0n) is 53.3. The number of hydrogen-bond acceptors (Lipinski definition) is 6. The van der Waals surface area contributed by atoms with Crippen molar-refractivity contribution in [3.63, 3.8) is 0 Å². The number of amides is 1. The SMILES string of the molecule is CCCCC/C=C\C/C=C\C/C=C\CCCCCCC(=O)NC(COP(=O)(O)OCC[N+](C)(C)C)C(/C=C\CCCCCCCCCCCC)OC(=O)CCCCCCCCCCCCCCCCC/C=C\C/C=C\CCCCC. The first kappa shape index (κ1) is 77.5. The lowest BCUT2D eigenvalue weighted by Crippen LogP contribution is -2.47. The molecular formula is C70H130N2O7P+. The molecule has 9 nitrogen and oxygen atoms in total. The summed E-state index contributed by atoms with van der Waals surface area (Å²) in [4.78, 5) is 37.8. The average Bonchev–Trinajstić information content (AvgIpc) is 3.42. The van der Waals surface area contributed by atoms with E-state index in [9.17, 15) is 19.0 Å². The van der Waals surface area contributed by atoms with Gasteiger partial charge in [-0.2, -0.15) is 0 Å². The molecule has 0 aromatic rings. The molecule has 0 aliphatic carbocycles. The summed E-state index contributed by atoms with van der Waals surface area (Å²) in [7, 11) is 1.48. The van der Waals surface area contributed by atoms with Crippen LogP contribution in [0.3, 0.4) is 0 Å². The molecule has 0 spiro atoms. The highest BCUT2D eigenvalue weighted by Gasteiger charge is 2.30. The number of ether oxygens (including phenoxy) is 1. The molecule has 0 radical (unpaired) electrons. The van der Waals surface area contributed by atoms with Gasteiger partial charge in [-0.3, -0.25) is 18.6 Å². The van der Waals surface area contributed by atoms with E-state index in [4.69, 9.17) is 13.8 Å². The third-order valence-corrected chi connectivity index (χ3v) is 15.9. The van der Waals surface area contributed by atoms with E-state index >= 15 is 0 Å². The molecule has 0 bridgehead atoms. The summed E-state index contributed by atoms with van der Waals surface area (Å²) in [5.74, 6) is -0.523. The van der Waals surface area contributed by atoms with Gasteiger partial charge in [0.15, 0.2) is 0 Å². The Bertz CT molecular complexity index is 1600. The minimum atomic E-state index is -4.46. The standard InChI is InChI=1S/C70H129N2O7P/c1-7-10-13-16-19-22-25-28-30-32-33-34-35-36-37-38-39-41-43-45-48-51-54-57-60-63-70(74)79-68(61-58-55-52-49-46-27-24-21-18-15-12-9-3)67(66-78-80(75,76)77-65-64-72(4,5)6)71-69(73)62-59-56-53-50-47-44-42-40-31-29-26-23-20-17-14-11-8-2/h19-20,22-23,28-31,42,44,58,61,67-68H,7-18,21,24-27,32-41,43,45-57,59-60,62-66H2,1-6H3,(H-,71,73,75,76)/p+1/b22-19-,23-20-,30-28-,31-29-,44-42-,61-58-. The number of rotatable bonds is 61. The number of allylic oxidation sites excluding steroid dienone is 11. The van der Waals surface area contributed by atoms with Gasteiger partial charge in [-0.1, -0.05) is 267 Å². The Labute approximate surface area is 495 Å². The molecule has 0 aliphatic rings. The van der Waals surface area contributed by atoms with E-state index < -0.39 is 20.0 Å². The molecule has 1 amide bonds. The highest BCUT2D eigenvalue weighted by atomic mass is 31.2. The van der Waals surface area contributed by atoms with Crippen molar-refractivity contribution in [2.75, 3.05) is 40.9 Å². The molecule has 0 aliphatic heterocycles. The molecule has 0 saturated carbocycles. The number of quaternary nitrogens is 1. The Balaban J connectivity index is 5.12. The van der Waals surface area contributed by atoms with Gasteiger partial charge in [-0.05, 0) is 102 Å². The van der Waals surface area contributed by atoms with Crippen molar-refractivity contribution >= 4 is 19.7 Å².